The Labute approximate surface area is 158 Å². The Hall–Kier alpha value is -1.76. The Bertz CT molecular complexity index is 739. The molecule has 0 radical (unpaired) electrons. The van der Waals surface area contributed by atoms with Crippen LogP contribution in [0.5, 0.6) is 0 Å². The quantitative estimate of drug-likeness (QED) is 0.531. The van der Waals surface area contributed by atoms with Crippen molar-refractivity contribution in [2.75, 3.05) is 5.75 Å². The summed E-state index contributed by atoms with van der Waals surface area (Å²) in [6, 6.07) is 1.78. The van der Waals surface area contributed by atoms with Gasteiger partial charge in [0.1, 0.15) is 17.6 Å². The summed E-state index contributed by atoms with van der Waals surface area (Å²) in [5.74, 6) is 2.63. The van der Waals surface area contributed by atoms with E-state index in [1.54, 1.807) is 12.3 Å². The smallest absolute Gasteiger partial charge is 0.316 e. The Morgan fingerprint density at radius 2 is 2.19 bits per heavy atom. The van der Waals surface area contributed by atoms with Crippen molar-refractivity contribution in [2.45, 2.75) is 58.3 Å². The van der Waals surface area contributed by atoms with Gasteiger partial charge in [-0.1, -0.05) is 39.0 Å². The summed E-state index contributed by atoms with van der Waals surface area (Å²) in [5, 5.41) is 8.35. The van der Waals surface area contributed by atoms with Gasteiger partial charge in [-0.25, -0.2) is 0 Å². The summed E-state index contributed by atoms with van der Waals surface area (Å²) < 4.78 is 16.6. The van der Waals surface area contributed by atoms with Crippen molar-refractivity contribution in [3.05, 3.63) is 18.1 Å². The minimum absolute atomic E-state index is 0.0127. The molecule has 0 unspecified atom stereocenters. The highest BCUT2D eigenvalue weighted by molar-refractivity contribution is 7.99. The maximum atomic E-state index is 12.3. The second-order valence-electron chi connectivity index (χ2n) is 7.41. The Morgan fingerprint density at radius 3 is 2.88 bits per heavy atom. The van der Waals surface area contributed by atoms with E-state index in [0.717, 1.165) is 24.2 Å². The number of hydrogen-bond acceptors (Lipinski definition) is 7. The lowest BCUT2D eigenvalue weighted by molar-refractivity contribution is -0.152. The lowest BCUT2D eigenvalue weighted by atomic mass is 9.75. The van der Waals surface area contributed by atoms with Crippen molar-refractivity contribution in [3.8, 4) is 11.5 Å². The van der Waals surface area contributed by atoms with Gasteiger partial charge in [0, 0.05) is 0 Å². The van der Waals surface area contributed by atoms with Gasteiger partial charge < -0.3 is 13.6 Å². The molecule has 1 aliphatic rings. The van der Waals surface area contributed by atoms with Crippen LogP contribution in [0.3, 0.4) is 0 Å². The van der Waals surface area contributed by atoms with Gasteiger partial charge in [0.05, 0.1) is 11.8 Å². The van der Waals surface area contributed by atoms with Gasteiger partial charge >= 0.3 is 5.97 Å². The highest BCUT2D eigenvalue weighted by Gasteiger charge is 2.33. The topological polar surface area (TPSA) is 78.4 Å². The monoisotopic (exact) mass is 378 g/mol. The lowest BCUT2D eigenvalue weighted by Crippen LogP contribution is -2.36. The lowest BCUT2D eigenvalue weighted by Gasteiger charge is -2.36. The Balaban J connectivity index is 1.54. The molecule has 0 aliphatic heterocycles. The number of esters is 1. The van der Waals surface area contributed by atoms with Gasteiger partial charge in [-0.3, -0.25) is 4.79 Å². The first-order valence-electron chi connectivity index (χ1n) is 9.14. The van der Waals surface area contributed by atoms with Crippen molar-refractivity contribution in [2.24, 2.45) is 17.8 Å². The molecule has 1 fully saturated rings. The fraction of sp³-hybridized carbons (Fsp3) is 0.632. The molecule has 0 bridgehead atoms. The maximum Gasteiger partial charge on any atom is 0.316 e. The van der Waals surface area contributed by atoms with Gasteiger partial charge in [0.2, 0.25) is 0 Å². The standard InChI is InChI=1S/C19H26N2O4S/c1-11(2)14-6-5-12(3)9-16(14)24-17(22)10-26-19-21-20-18(25-19)15-7-8-23-13(15)4/h7-8,11-12,14,16H,5-6,9-10H2,1-4H3/t12-,14-,16+/m0/s1. The predicted octanol–water partition coefficient (Wildman–Crippen LogP) is 4.73. The molecule has 0 spiro atoms. The molecule has 26 heavy (non-hydrogen) atoms. The summed E-state index contributed by atoms with van der Waals surface area (Å²) in [7, 11) is 0. The van der Waals surface area contributed by atoms with E-state index in [2.05, 4.69) is 31.0 Å². The fourth-order valence-electron chi connectivity index (χ4n) is 3.56. The molecule has 0 saturated heterocycles. The summed E-state index contributed by atoms with van der Waals surface area (Å²) in [6.45, 7) is 8.46. The second-order valence-corrected chi connectivity index (χ2v) is 8.33. The fourth-order valence-corrected chi connectivity index (χ4v) is 4.10. The molecule has 3 rings (SSSR count). The molecule has 7 heteroatoms. The number of aromatic nitrogens is 2. The van der Waals surface area contributed by atoms with Crippen LogP contribution in [-0.2, 0) is 9.53 Å². The minimum atomic E-state index is -0.223. The SMILES string of the molecule is Cc1occc1-c1nnc(SCC(=O)O[C@@H]2C[C@@H](C)CC[C@H]2C(C)C)o1. The molecule has 0 amide bonds. The van der Waals surface area contributed by atoms with Crippen LogP contribution < -0.4 is 0 Å². The number of thioether (sulfide) groups is 1. The molecule has 2 aromatic heterocycles. The van der Waals surface area contributed by atoms with E-state index in [1.165, 1.54) is 18.2 Å². The van der Waals surface area contributed by atoms with Crippen LogP contribution in [0.1, 0.15) is 45.8 Å². The van der Waals surface area contributed by atoms with Gasteiger partial charge in [-0.2, -0.15) is 0 Å². The van der Waals surface area contributed by atoms with Crippen molar-refractivity contribution in [3.63, 3.8) is 0 Å². The number of nitrogens with zero attached hydrogens (tertiary/aromatic N) is 2. The molecule has 2 heterocycles. The molecule has 0 N–H and O–H groups in total. The molecule has 3 atom stereocenters. The molecular formula is C19H26N2O4S. The third-order valence-electron chi connectivity index (χ3n) is 5.05. The van der Waals surface area contributed by atoms with Crippen LogP contribution >= 0.6 is 11.8 Å². The number of carbonyl (C=O) groups is 1. The zero-order chi connectivity index (χ0) is 18.7. The van der Waals surface area contributed by atoms with E-state index in [1.807, 2.05) is 6.92 Å². The number of hydrogen-bond donors (Lipinski definition) is 0. The summed E-state index contributed by atoms with van der Waals surface area (Å²) >= 11 is 1.21. The van der Waals surface area contributed by atoms with Crippen LogP contribution in [0.25, 0.3) is 11.5 Å². The van der Waals surface area contributed by atoms with E-state index >= 15 is 0 Å². The number of ether oxygens (including phenoxy) is 1. The van der Waals surface area contributed by atoms with Gasteiger partial charge in [0.25, 0.3) is 11.1 Å². The summed E-state index contributed by atoms with van der Waals surface area (Å²) in [6.07, 6.45) is 4.88. The molecule has 6 nitrogen and oxygen atoms in total. The molecular weight excluding hydrogens is 352 g/mol. The normalized spacial score (nSPS) is 23.3. The number of carbonyl (C=O) groups excluding carboxylic acids is 1. The maximum absolute atomic E-state index is 12.3. The largest absolute Gasteiger partial charge is 0.469 e. The first-order valence-corrected chi connectivity index (χ1v) is 10.1. The average molecular weight is 378 g/mol. The van der Waals surface area contributed by atoms with Gasteiger partial charge in [-0.15, -0.1) is 10.2 Å². The predicted molar refractivity (Wildman–Crippen MR) is 98.7 cm³/mol. The molecule has 1 saturated carbocycles. The van der Waals surface area contributed by atoms with Crippen molar-refractivity contribution in [1.29, 1.82) is 0 Å². The summed E-state index contributed by atoms with van der Waals surface area (Å²) in [4.78, 5) is 12.3. The van der Waals surface area contributed by atoms with Crippen molar-refractivity contribution >= 4 is 17.7 Å². The van der Waals surface area contributed by atoms with Crippen LogP contribution in [0.4, 0.5) is 0 Å². The van der Waals surface area contributed by atoms with Crippen LogP contribution in [0.2, 0.25) is 0 Å². The van der Waals surface area contributed by atoms with E-state index in [9.17, 15) is 4.79 Å². The number of furan rings is 1. The first kappa shape index (κ1) is 19.0. The first-order chi connectivity index (χ1) is 12.4. The van der Waals surface area contributed by atoms with E-state index < -0.39 is 0 Å². The Kier molecular flexibility index (Phi) is 6.06. The zero-order valence-electron chi connectivity index (χ0n) is 15.7. The van der Waals surface area contributed by atoms with Crippen LogP contribution in [0, 0.1) is 24.7 Å². The second kappa shape index (κ2) is 8.29. The van der Waals surface area contributed by atoms with E-state index in [4.69, 9.17) is 13.6 Å². The van der Waals surface area contributed by atoms with E-state index in [0.29, 0.717) is 28.9 Å². The van der Waals surface area contributed by atoms with Gasteiger partial charge in [0.15, 0.2) is 0 Å². The number of rotatable bonds is 6. The van der Waals surface area contributed by atoms with Crippen molar-refractivity contribution in [1.82, 2.24) is 10.2 Å². The van der Waals surface area contributed by atoms with E-state index in [-0.39, 0.29) is 17.8 Å². The third-order valence-corrected chi connectivity index (χ3v) is 5.85. The van der Waals surface area contributed by atoms with Gasteiger partial charge in [-0.05, 0) is 43.6 Å². The third kappa shape index (κ3) is 4.50. The highest BCUT2D eigenvalue weighted by Crippen LogP contribution is 2.35. The van der Waals surface area contributed by atoms with Crippen LogP contribution in [-0.4, -0.2) is 28.0 Å². The minimum Gasteiger partial charge on any atom is -0.469 e. The molecule has 2 aromatic rings. The highest BCUT2D eigenvalue weighted by atomic mass is 32.2. The molecule has 0 aromatic carbocycles. The molecule has 1 aliphatic carbocycles. The summed E-state index contributed by atoms with van der Waals surface area (Å²) in [5.41, 5.74) is 0.767. The molecule has 142 valence electrons. The van der Waals surface area contributed by atoms with Crippen molar-refractivity contribution < 1.29 is 18.4 Å². The Morgan fingerprint density at radius 1 is 1.38 bits per heavy atom. The van der Waals surface area contributed by atoms with Crippen LogP contribution in [0.15, 0.2) is 26.4 Å². The average Bonchev–Trinajstić information content (AvgIpc) is 3.21. The number of aryl methyl sites for hydroxylation is 1. The zero-order valence-corrected chi connectivity index (χ0v) is 16.5.